The van der Waals surface area contributed by atoms with E-state index < -0.39 is 6.29 Å². The molecule has 1 aliphatic heterocycles. The number of carbonyl (C=O) groups is 1. The summed E-state index contributed by atoms with van der Waals surface area (Å²) in [5.74, 6) is 0.0939. The second-order valence-corrected chi connectivity index (χ2v) is 5.43. The maximum Gasteiger partial charge on any atom is 0.586 e. The number of halogens is 2. The summed E-state index contributed by atoms with van der Waals surface area (Å²) in [6, 6.07) is 9.63. The van der Waals surface area contributed by atoms with Gasteiger partial charge in [-0.05, 0) is 36.8 Å². The van der Waals surface area contributed by atoms with E-state index in [1.807, 2.05) is 13.0 Å². The number of hydrogen-bond donors (Lipinski definition) is 2. The van der Waals surface area contributed by atoms with E-state index in [1.54, 1.807) is 12.1 Å². The van der Waals surface area contributed by atoms with Crippen LogP contribution in [-0.4, -0.2) is 25.9 Å². The fourth-order valence-corrected chi connectivity index (χ4v) is 2.36. The molecule has 2 aromatic carbocycles. The lowest BCUT2D eigenvalue weighted by Gasteiger charge is -2.12. The van der Waals surface area contributed by atoms with E-state index in [1.165, 1.54) is 25.3 Å². The fourth-order valence-electron chi connectivity index (χ4n) is 2.36. The zero-order valence-corrected chi connectivity index (χ0v) is 13.6. The first-order valence-corrected chi connectivity index (χ1v) is 7.44. The predicted molar refractivity (Wildman–Crippen MR) is 87.5 cm³/mol. The summed E-state index contributed by atoms with van der Waals surface area (Å²) in [6.45, 7) is 1.84. The molecule has 25 heavy (non-hydrogen) atoms. The van der Waals surface area contributed by atoms with Crippen molar-refractivity contribution in [2.45, 2.75) is 13.2 Å². The van der Waals surface area contributed by atoms with Crippen molar-refractivity contribution < 1.29 is 27.8 Å². The number of benzene rings is 2. The van der Waals surface area contributed by atoms with Gasteiger partial charge in [-0.25, -0.2) is 0 Å². The van der Waals surface area contributed by atoms with Gasteiger partial charge in [0, 0.05) is 11.8 Å². The van der Waals surface area contributed by atoms with Crippen LogP contribution in [0, 0.1) is 6.92 Å². The van der Waals surface area contributed by atoms with Gasteiger partial charge in [-0.3, -0.25) is 4.79 Å². The molecule has 6 nitrogen and oxygen atoms in total. The third kappa shape index (κ3) is 3.90. The first-order valence-electron chi connectivity index (χ1n) is 7.44. The summed E-state index contributed by atoms with van der Waals surface area (Å²) < 4.78 is 39.9. The van der Waals surface area contributed by atoms with Gasteiger partial charge in [0.2, 0.25) is 5.91 Å². The quantitative estimate of drug-likeness (QED) is 0.865. The standard InChI is InChI=1S/C17H16F2N2O4/c1-10-3-5-13(23-2)12(7-10)21-16(22)9-20-11-4-6-14-15(8-11)25-17(18,19)24-14/h3-8,20H,9H2,1-2H3,(H,21,22). The van der Waals surface area contributed by atoms with E-state index in [-0.39, 0.29) is 24.0 Å². The number of aryl methyl sites for hydroxylation is 1. The van der Waals surface area contributed by atoms with Gasteiger partial charge in [0.15, 0.2) is 11.5 Å². The molecule has 1 heterocycles. The number of hydrogen-bond acceptors (Lipinski definition) is 5. The SMILES string of the molecule is COc1ccc(C)cc1NC(=O)CNc1ccc2c(c1)OC(F)(F)O2. The lowest BCUT2D eigenvalue weighted by Crippen LogP contribution is -2.25. The number of anilines is 2. The van der Waals surface area contributed by atoms with E-state index in [2.05, 4.69) is 20.1 Å². The molecule has 1 aliphatic rings. The smallest absolute Gasteiger partial charge is 0.495 e. The van der Waals surface area contributed by atoms with Crippen LogP contribution >= 0.6 is 0 Å². The van der Waals surface area contributed by atoms with Gasteiger partial charge in [0.05, 0.1) is 19.3 Å². The van der Waals surface area contributed by atoms with Crippen molar-refractivity contribution >= 4 is 17.3 Å². The molecule has 8 heteroatoms. The molecule has 0 bridgehead atoms. The average Bonchev–Trinajstić information content (AvgIpc) is 2.86. The molecule has 2 aromatic rings. The van der Waals surface area contributed by atoms with E-state index in [0.717, 1.165) is 5.56 Å². The molecule has 1 amide bonds. The van der Waals surface area contributed by atoms with Crippen LogP contribution in [0.15, 0.2) is 36.4 Å². The Morgan fingerprint density at radius 1 is 1.16 bits per heavy atom. The van der Waals surface area contributed by atoms with Crippen molar-refractivity contribution in [1.29, 1.82) is 0 Å². The lowest BCUT2D eigenvalue weighted by molar-refractivity contribution is -0.286. The van der Waals surface area contributed by atoms with Crippen molar-refractivity contribution in [2.24, 2.45) is 0 Å². The van der Waals surface area contributed by atoms with Crippen molar-refractivity contribution in [3.05, 3.63) is 42.0 Å². The second kappa shape index (κ2) is 6.46. The van der Waals surface area contributed by atoms with E-state index >= 15 is 0 Å². The normalized spacial score (nSPS) is 14.1. The minimum atomic E-state index is -3.67. The van der Waals surface area contributed by atoms with Gasteiger partial charge in [0.1, 0.15) is 5.75 Å². The topological polar surface area (TPSA) is 68.8 Å². The van der Waals surface area contributed by atoms with Crippen LogP contribution in [0.3, 0.4) is 0 Å². The number of rotatable bonds is 5. The maximum atomic E-state index is 13.0. The van der Waals surface area contributed by atoms with Crippen molar-refractivity contribution in [3.63, 3.8) is 0 Å². The van der Waals surface area contributed by atoms with E-state index in [0.29, 0.717) is 17.1 Å². The largest absolute Gasteiger partial charge is 0.586 e. The summed E-state index contributed by atoms with van der Waals surface area (Å²) in [4.78, 5) is 12.1. The number of ether oxygens (including phenoxy) is 3. The van der Waals surface area contributed by atoms with Crippen molar-refractivity contribution in [3.8, 4) is 17.2 Å². The predicted octanol–water partition coefficient (Wildman–Crippen LogP) is 3.38. The molecule has 132 valence electrons. The molecular weight excluding hydrogens is 334 g/mol. The molecule has 2 N–H and O–H groups in total. The fraction of sp³-hybridized carbons (Fsp3) is 0.235. The molecule has 0 spiro atoms. The van der Waals surface area contributed by atoms with Gasteiger partial charge < -0.3 is 24.8 Å². The molecule has 0 unspecified atom stereocenters. The highest BCUT2D eigenvalue weighted by atomic mass is 19.3. The summed E-state index contributed by atoms with van der Waals surface area (Å²) in [5.41, 5.74) is 1.98. The van der Waals surface area contributed by atoms with Gasteiger partial charge in [-0.15, -0.1) is 8.78 Å². The van der Waals surface area contributed by atoms with E-state index in [4.69, 9.17) is 4.74 Å². The van der Waals surface area contributed by atoms with Gasteiger partial charge in [0.25, 0.3) is 0 Å². The Morgan fingerprint density at radius 3 is 2.68 bits per heavy atom. The molecule has 0 radical (unpaired) electrons. The summed E-state index contributed by atoms with van der Waals surface area (Å²) >= 11 is 0. The number of fused-ring (bicyclic) bond motifs is 1. The Bertz CT molecular complexity index is 811. The first kappa shape index (κ1) is 16.8. The zero-order chi connectivity index (χ0) is 18.0. The highest BCUT2D eigenvalue weighted by molar-refractivity contribution is 5.95. The molecule has 0 fully saturated rings. The average molecular weight is 350 g/mol. The van der Waals surface area contributed by atoms with Crippen LogP contribution in [0.1, 0.15) is 5.56 Å². The lowest BCUT2D eigenvalue weighted by atomic mass is 10.2. The highest BCUT2D eigenvalue weighted by Gasteiger charge is 2.43. The van der Waals surface area contributed by atoms with Gasteiger partial charge in [-0.1, -0.05) is 6.07 Å². The van der Waals surface area contributed by atoms with Crippen LogP contribution in [0.5, 0.6) is 17.2 Å². The molecule has 0 saturated heterocycles. The minimum absolute atomic E-state index is 0.0514. The second-order valence-electron chi connectivity index (χ2n) is 5.43. The molecule has 0 aromatic heterocycles. The monoisotopic (exact) mass is 350 g/mol. The van der Waals surface area contributed by atoms with Crippen LogP contribution in [0.25, 0.3) is 0 Å². The molecule has 0 saturated carbocycles. The molecule has 3 rings (SSSR count). The van der Waals surface area contributed by atoms with Gasteiger partial charge in [-0.2, -0.15) is 0 Å². The Hall–Kier alpha value is -3.03. The molecular formula is C17H16F2N2O4. The van der Waals surface area contributed by atoms with Crippen molar-refractivity contribution in [2.75, 3.05) is 24.3 Å². The Kier molecular flexibility index (Phi) is 4.35. The summed E-state index contributed by atoms with van der Waals surface area (Å²) in [5, 5.41) is 5.58. The Labute approximate surface area is 142 Å². The Balaban J connectivity index is 1.61. The Morgan fingerprint density at radius 2 is 1.92 bits per heavy atom. The molecule has 0 atom stereocenters. The zero-order valence-electron chi connectivity index (χ0n) is 13.6. The number of alkyl halides is 2. The summed E-state index contributed by atoms with van der Waals surface area (Å²) in [6.07, 6.45) is -3.67. The molecule has 0 aliphatic carbocycles. The number of nitrogens with one attached hydrogen (secondary N) is 2. The number of methoxy groups -OCH3 is 1. The van der Waals surface area contributed by atoms with Crippen LogP contribution in [0.4, 0.5) is 20.2 Å². The van der Waals surface area contributed by atoms with E-state index in [9.17, 15) is 13.6 Å². The van der Waals surface area contributed by atoms with Crippen molar-refractivity contribution in [1.82, 2.24) is 0 Å². The first-order chi connectivity index (χ1) is 11.9. The van der Waals surface area contributed by atoms with Gasteiger partial charge >= 0.3 is 6.29 Å². The summed E-state index contributed by atoms with van der Waals surface area (Å²) in [7, 11) is 1.51. The maximum absolute atomic E-state index is 13.0. The third-order valence-electron chi connectivity index (χ3n) is 3.48. The third-order valence-corrected chi connectivity index (χ3v) is 3.48. The number of carbonyl (C=O) groups excluding carboxylic acids is 1. The van der Waals surface area contributed by atoms with Crippen LogP contribution in [-0.2, 0) is 4.79 Å². The van der Waals surface area contributed by atoms with Crippen LogP contribution < -0.4 is 24.8 Å². The highest BCUT2D eigenvalue weighted by Crippen LogP contribution is 2.42. The van der Waals surface area contributed by atoms with Crippen LogP contribution in [0.2, 0.25) is 0 Å². The number of amides is 1. The minimum Gasteiger partial charge on any atom is -0.495 e.